The van der Waals surface area contributed by atoms with Gasteiger partial charge in [-0.3, -0.25) is 14.9 Å². The van der Waals surface area contributed by atoms with Gasteiger partial charge in [0.05, 0.1) is 19.1 Å². The fraction of sp³-hybridized carbons (Fsp3) is 0.368. The van der Waals surface area contributed by atoms with Crippen LogP contribution in [0.1, 0.15) is 35.4 Å². The summed E-state index contributed by atoms with van der Waals surface area (Å²) in [4.78, 5) is 24.3. The van der Waals surface area contributed by atoms with Crippen molar-refractivity contribution in [3.63, 3.8) is 0 Å². The molecular formula is C19H25N3O2S. The Hall–Kier alpha value is -2.18. The van der Waals surface area contributed by atoms with Crippen molar-refractivity contribution < 1.29 is 9.59 Å². The van der Waals surface area contributed by atoms with E-state index in [0.717, 1.165) is 23.3 Å². The molecule has 2 aromatic rings. The maximum Gasteiger partial charge on any atom is 0.239 e. The van der Waals surface area contributed by atoms with Crippen LogP contribution >= 0.6 is 11.3 Å². The lowest BCUT2D eigenvalue weighted by atomic mass is 10.0. The molecule has 0 fully saturated rings. The molecule has 6 heteroatoms. The van der Waals surface area contributed by atoms with Crippen molar-refractivity contribution in [1.29, 1.82) is 0 Å². The predicted molar refractivity (Wildman–Crippen MR) is 102 cm³/mol. The van der Waals surface area contributed by atoms with Crippen LogP contribution in [0.3, 0.4) is 0 Å². The van der Waals surface area contributed by atoms with Gasteiger partial charge in [0.25, 0.3) is 0 Å². The largest absolute Gasteiger partial charge is 0.358 e. The molecule has 1 aromatic heterocycles. The Balaban J connectivity index is 2.02. The number of aryl methyl sites for hydroxylation is 1. The van der Waals surface area contributed by atoms with E-state index in [2.05, 4.69) is 53.2 Å². The topological polar surface area (TPSA) is 70.2 Å². The van der Waals surface area contributed by atoms with Crippen molar-refractivity contribution in [2.24, 2.45) is 0 Å². The molecule has 1 heterocycles. The number of rotatable bonds is 9. The maximum absolute atomic E-state index is 12.0. The van der Waals surface area contributed by atoms with Gasteiger partial charge in [-0.2, -0.15) is 0 Å². The van der Waals surface area contributed by atoms with Crippen LogP contribution in [0.4, 0.5) is 0 Å². The summed E-state index contributed by atoms with van der Waals surface area (Å²) in [6.45, 7) is 2.31. The fourth-order valence-electron chi connectivity index (χ4n) is 2.53. The molecule has 134 valence electrons. The number of thiophene rings is 1. The summed E-state index contributed by atoms with van der Waals surface area (Å²) in [5, 5.41) is 10.4. The van der Waals surface area contributed by atoms with Gasteiger partial charge in [-0.1, -0.05) is 43.7 Å². The van der Waals surface area contributed by atoms with Crippen molar-refractivity contribution in [3.05, 3.63) is 57.8 Å². The normalized spacial score (nSPS) is 11.8. The van der Waals surface area contributed by atoms with Crippen molar-refractivity contribution in [1.82, 2.24) is 16.0 Å². The van der Waals surface area contributed by atoms with Gasteiger partial charge >= 0.3 is 0 Å². The van der Waals surface area contributed by atoms with E-state index in [0.29, 0.717) is 0 Å². The second kappa shape index (κ2) is 9.96. The minimum atomic E-state index is -0.213. The van der Waals surface area contributed by atoms with Gasteiger partial charge in [0, 0.05) is 11.9 Å². The Kier molecular flexibility index (Phi) is 7.63. The third kappa shape index (κ3) is 5.99. The van der Waals surface area contributed by atoms with Crippen LogP contribution < -0.4 is 16.0 Å². The second-order valence-corrected chi connectivity index (χ2v) is 6.75. The maximum atomic E-state index is 12.0. The third-order valence-electron chi connectivity index (χ3n) is 3.87. The Labute approximate surface area is 152 Å². The minimum absolute atomic E-state index is 0.00754. The highest BCUT2D eigenvalue weighted by Crippen LogP contribution is 2.26. The molecule has 0 radical (unpaired) electrons. The second-order valence-electron chi connectivity index (χ2n) is 5.77. The number of carbonyl (C=O) groups excluding carboxylic acids is 2. The van der Waals surface area contributed by atoms with E-state index < -0.39 is 0 Å². The summed E-state index contributed by atoms with van der Waals surface area (Å²) in [6, 6.07) is 12.5. The smallest absolute Gasteiger partial charge is 0.239 e. The van der Waals surface area contributed by atoms with Gasteiger partial charge < -0.3 is 10.6 Å². The average Bonchev–Trinajstić information content (AvgIpc) is 3.15. The SMILES string of the molecule is CCCc1ccc([C@H](NCC(=O)NCC(=O)NC)c2cccs2)cc1. The molecule has 2 rings (SSSR count). The molecule has 0 aliphatic heterocycles. The number of hydrogen-bond donors (Lipinski definition) is 3. The van der Waals surface area contributed by atoms with Gasteiger partial charge in [0.1, 0.15) is 0 Å². The van der Waals surface area contributed by atoms with E-state index in [9.17, 15) is 9.59 Å². The highest BCUT2D eigenvalue weighted by molar-refractivity contribution is 7.10. The zero-order valence-electron chi connectivity index (χ0n) is 14.7. The molecule has 5 nitrogen and oxygen atoms in total. The van der Waals surface area contributed by atoms with Crippen molar-refractivity contribution in [2.75, 3.05) is 20.1 Å². The van der Waals surface area contributed by atoms with Crippen LogP contribution in [0, 0.1) is 0 Å². The van der Waals surface area contributed by atoms with Gasteiger partial charge in [0.2, 0.25) is 11.8 Å². The molecule has 0 spiro atoms. The Bertz CT molecular complexity index is 668. The highest BCUT2D eigenvalue weighted by Gasteiger charge is 2.16. The Morgan fingerprint density at radius 2 is 1.84 bits per heavy atom. The van der Waals surface area contributed by atoms with E-state index in [1.165, 1.54) is 5.56 Å². The molecule has 0 aliphatic carbocycles. The van der Waals surface area contributed by atoms with Crippen LogP contribution in [0.15, 0.2) is 41.8 Å². The molecule has 3 N–H and O–H groups in total. The lowest BCUT2D eigenvalue weighted by Gasteiger charge is -2.18. The number of nitrogens with one attached hydrogen (secondary N) is 3. The van der Waals surface area contributed by atoms with Crippen LogP contribution in [0.25, 0.3) is 0 Å². The predicted octanol–water partition coefficient (Wildman–Crippen LogP) is 2.24. The third-order valence-corrected chi connectivity index (χ3v) is 4.81. The van der Waals surface area contributed by atoms with E-state index in [1.807, 2.05) is 11.4 Å². The van der Waals surface area contributed by atoms with Crippen LogP contribution in [0.2, 0.25) is 0 Å². The van der Waals surface area contributed by atoms with E-state index in [1.54, 1.807) is 18.4 Å². The summed E-state index contributed by atoms with van der Waals surface area (Å²) in [6.07, 6.45) is 2.19. The minimum Gasteiger partial charge on any atom is -0.358 e. The van der Waals surface area contributed by atoms with E-state index in [4.69, 9.17) is 0 Å². The summed E-state index contributed by atoms with van der Waals surface area (Å²) in [5.74, 6) is -0.414. The van der Waals surface area contributed by atoms with Crippen molar-refractivity contribution in [3.8, 4) is 0 Å². The lowest BCUT2D eigenvalue weighted by Crippen LogP contribution is -2.40. The zero-order chi connectivity index (χ0) is 18.1. The van der Waals surface area contributed by atoms with Gasteiger partial charge in [-0.15, -0.1) is 11.3 Å². The monoisotopic (exact) mass is 359 g/mol. The molecule has 0 aliphatic rings. The number of benzene rings is 1. The number of hydrogen-bond acceptors (Lipinski definition) is 4. The molecule has 0 saturated carbocycles. The first-order valence-corrected chi connectivity index (χ1v) is 9.35. The van der Waals surface area contributed by atoms with E-state index >= 15 is 0 Å². The molecule has 1 atom stereocenters. The van der Waals surface area contributed by atoms with Crippen LogP contribution in [-0.2, 0) is 16.0 Å². The summed E-state index contributed by atoms with van der Waals surface area (Å²) < 4.78 is 0. The summed E-state index contributed by atoms with van der Waals surface area (Å²) >= 11 is 1.66. The van der Waals surface area contributed by atoms with Gasteiger partial charge in [-0.05, 0) is 29.0 Å². The molecular weight excluding hydrogens is 334 g/mol. The van der Waals surface area contributed by atoms with Crippen molar-refractivity contribution in [2.45, 2.75) is 25.8 Å². The van der Waals surface area contributed by atoms with Crippen molar-refractivity contribution >= 4 is 23.2 Å². The summed E-state index contributed by atoms with van der Waals surface area (Å²) in [7, 11) is 1.54. The average molecular weight is 359 g/mol. The zero-order valence-corrected chi connectivity index (χ0v) is 15.5. The standard InChI is InChI=1S/C19H25N3O2S/c1-3-5-14-7-9-15(10-8-14)19(16-6-4-11-25-16)22-13-18(24)21-12-17(23)20-2/h4,6-11,19,22H,3,5,12-13H2,1-2H3,(H,20,23)(H,21,24)/t19-/m0/s1. The first-order valence-electron chi connectivity index (χ1n) is 8.47. The highest BCUT2D eigenvalue weighted by atomic mass is 32.1. The Morgan fingerprint density at radius 3 is 2.44 bits per heavy atom. The van der Waals surface area contributed by atoms with Gasteiger partial charge in [-0.25, -0.2) is 0 Å². The quantitative estimate of drug-likeness (QED) is 0.643. The molecule has 0 saturated heterocycles. The van der Waals surface area contributed by atoms with E-state index in [-0.39, 0.29) is 30.9 Å². The lowest BCUT2D eigenvalue weighted by molar-refractivity contribution is -0.125. The molecule has 25 heavy (non-hydrogen) atoms. The first kappa shape index (κ1) is 19.1. The van der Waals surface area contributed by atoms with Crippen LogP contribution in [-0.4, -0.2) is 32.0 Å². The molecule has 0 unspecified atom stereocenters. The summed E-state index contributed by atoms with van der Waals surface area (Å²) in [5.41, 5.74) is 2.45. The first-order chi connectivity index (χ1) is 12.1. The van der Waals surface area contributed by atoms with Crippen LogP contribution in [0.5, 0.6) is 0 Å². The number of carbonyl (C=O) groups is 2. The van der Waals surface area contributed by atoms with Gasteiger partial charge in [0.15, 0.2) is 0 Å². The molecule has 1 aromatic carbocycles. The number of amides is 2. The molecule has 2 amide bonds. The fourth-order valence-corrected chi connectivity index (χ4v) is 3.36. The number of likely N-dealkylation sites (N-methyl/N-ethyl adjacent to an activating group) is 1. The molecule has 0 bridgehead atoms. The Morgan fingerprint density at radius 1 is 1.08 bits per heavy atom.